The predicted octanol–water partition coefficient (Wildman–Crippen LogP) is 17.5. The Kier molecular flexibility index (Phi) is 8.16. The fourth-order valence-electron chi connectivity index (χ4n) is 12.1. The molecule has 0 N–H and O–H groups in total. The molecule has 0 amide bonds. The summed E-state index contributed by atoms with van der Waals surface area (Å²) >= 11 is 0. The lowest BCUT2D eigenvalue weighted by Crippen LogP contribution is -2.27. The largest absolute Gasteiger partial charge is 0.0622 e. The smallest absolute Gasteiger partial charge is 0.0159 e. The fourth-order valence-corrected chi connectivity index (χ4v) is 12.1. The molecule has 65 heavy (non-hydrogen) atoms. The van der Waals surface area contributed by atoms with E-state index in [-0.39, 0.29) is 10.8 Å². The molecule has 11 aromatic carbocycles. The molecule has 0 heteroatoms. The summed E-state index contributed by atoms with van der Waals surface area (Å²) in [5, 5.41) is 10.3. The average Bonchev–Trinajstić information content (AvgIpc) is 3.58. The summed E-state index contributed by atoms with van der Waals surface area (Å²) in [5.74, 6) is 0. The molecule has 2 aliphatic carbocycles. The minimum atomic E-state index is -0.191. The van der Waals surface area contributed by atoms with Crippen LogP contribution in [0.2, 0.25) is 0 Å². The van der Waals surface area contributed by atoms with Crippen molar-refractivity contribution in [2.45, 2.75) is 44.9 Å². The number of fused-ring (bicyclic) bond motifs is 12. The molecule has 0 unspecified atom stereocenters. The van der Waals surface area contributed by atoms with Gasteiger partial charge in [0, 0.05) is 10.8 Å². The number of hydrogen-bond acceptors (Lipinski definition) is 0. The third-order valence-electron chi connectivity index (χ3n) is 15.3. The molecule has 0 bridgehead atoms. The van der Waals surface area contributed by atoms with Crippen molar-refractivity contribution >= 4 is 43.1 Å². The van der Waals surface area contributed by atoms with Gasteiger partial charge in [0.05, 0.1) is 0 Å². The first-order chi connectivity index (χ1) is 31.8. The molecule has 308 valence electrons. The normalized spacial score (nSPS) is 14.3. The number of benzene rings is 11. The van der Waals surface area contributed by atoms with E-state index in [1.165, 1.54) is 132 Å². The van der Waals surface area contributed by atoms with Crippen molar-refractivity contribution in [3.05, 3.63) is 240 Å². The Morgan fingerprint density at radius 2 is 0.692 bits per heavy atom. The van der Waals surface area contributed by atoms with E-state index in [9.17, 15) is 0 Å². The standard InChI is InChI=1S/C65H48/c1-64(2)56-26-16-15-23-50(56)51-33-31-45(39-59(51)64)44-28-30-47-35-46-29-27-43(37-57(46)65(3,4)58(47)38-44)42-32-34-54-55(36-42)61(41-19-9-6-10-20-41)63-53-25-14-12-22-49(53)48-21-11-13-24-52(48)62(63)60(54)40-17-7-5-8-18-40/h5-34,36-39H,35H2,1-4H3. The highest BCUT2D eigenvalue weighted by Crippen LogP contribution is 2.52. The van der Waals surface area contributed by atoms with Crippen LogP contribution in [0.4, 0.5) is 0 Å². The second kappa shape index (κ2) is 14.0. The van der Waals surface area contributed by atoms with Crippen molar-refractivity contribution in [1.29, 1.82) is 0 Å². The van der Waals surface area contributed by atoms with E-state index in [1.54, 1.807) is 0 Å². The summed E-state index contributed by atoms with van der Waals surface area (Å²) in [6.07, 6.45) is 0.935. The van der Waals surface area contributed by atoms with Crippen LogP contribution in [0.3, 0.4) is 0 Å². The van der Waals surface area contributed by atoms with Crippen LogP contribution < -0.4 is 0 Å². The van der Waals surface area contributed by atoms with E-state index in [0.717, 1.165) is 6.42 Å². The van der Waals surface area contributed by atoms with Gasteiger partial charge in [-0.25, -0.2) is 0 Å². The average molecular weight is 829 g/mol. The van der Waals surface area contributed by atoms with Crippen LogP contribution in [0.15, 0.2) is 206 Å². The molecule has 13 rings (SSSR count). The zero-order valence-corrected chi connectivity index (χ0v) is 37.3. The zero-order valence-electron chi connectivity index (χ0n) is 37.3. The zero-order chi connectivity index (χ0) is 43.6. The minimum absolute atomic E-state index is 0.0340. The van der Waals surface area contributed by atoms with E-state index in [4.69, 9.17) is 0 Å². The van der Waals surface area contributed by atoms with Crippen LogP contribution in [0.1, 0.15) is 61.1 Å². The van der Waals surface area contributed by atoms with Crippen LogP contribution in [0.5, 0.6) is 0 Å². The first-order valence-corrected chi connectivity index (χ1v) is 23.2. The molecule has 0 saturated carbocycles. The summed E-state index contributed by atoms with van der Waals surface area (Å²) < 4.78 is 0. The summed E-state index contributed by atoms with van der Waals surface area (Å²) in [6, 6.07) is 78.0. The molecular formula is C65H48. The van der Waals surface area contributed by atoms with Gasteiger partial charge in [-0.2, -0.15) is 0 Å². The predicted molar refractivity (Wildman–Crippen MR) is 277 cm³/mol. The Bertz CT molecular complexity index is 3770. The highest BCUT2D eigenvalue weighted by atomic mass is 14.4. The van der Waals surface area contributed by atoms with Crippen LogP contribution in [-0.2, 0) is 17.3 Å². The summed E-state index contributed by atoms with van der Waals surface area (Å²) in [7, 11) is 0. The molecule has 0 aliphatic heterocycles. The monoisotopic (exact) mass is 828 g/mol. The van der Waals surface area contributed by atoms with Gasteiger partial charge in [0.2, 0.25) is 0 Å². The third kappa shape index (κ3) is 5.57. The van der Waals surface area contributed by atoms with E-state index >= 15 is 0 Å². The van der Waals surface area contributed by atoms with Crippen LogP contribution in [0.25, 0.3) is 98.7 Å². The van der Waals surface area contributed by atoms with E-state index in [1.807, 2.05) is 0 Å². The molecule has 0 atom stereocenters. The lowest BCUT2D eigenvalue weighted by molar-refractivity contribution is 0.611. The van der Waals surface area contributed by atoms with Crippen molar-refractivity contribution in [3.8, 4) is 55.6 Å². The molecule has 0 nitrogen and oxygen atoms in total. The number of rotatable bonds is 4. The summed E-state index contributed by atoms with van der Waals surface area (Å²) in [4.78, 5) is 0. The van der Waals surface area contributed by atoms with Crippen molar-refractivity contribution < 1.29 is 0 Å². The maximum absolute atomic E-state index is 2.51. The molecule has 0 fully saturated rings. The summed E-state index contributed by atoms with van der Waals surface area (Å²) in [5.41, 5.74) is 21.1. The maximum Gasteiger partial charge on any atom is 0.0159 e. The van der Waals surface area contributed by atoms with Crippen molar-refractivity contribution in [3.63, 3.8) is 0 Å². The quantitative estimate of drug-likeness (QED) is 0.122. The van der Waals surface area contributed by atoms with Gasteiger partial charge in [0.25, 0.3) is 0 Å². The Labute approximate surface area is 381 Å². The van der Waals surface area contributed by atoms with Crippen LogP contribution in [0, 0.1) is 0 Å². The number of hydrogen-bond donors (Lipinski definition) is 0. The van der Waals surface area contributed by atoms with Gasteiger partial charge in [0.1, 0.15) is 0 Å². The van der Waals surface area contributed by atoms with Gasteiger partial charge < -0.3 is 0 Å². The maximum atomic E-state index is 2.51. The molecule has 0 aromatic heterocycles. The van der Waals surface area contributed by atoms with Gasteiger partial charge in [-0.3, -0.25) is 0 Å². The molecule has 11 aromatic rings. The second-order valence-corrected chi connectivity index (χ2v) is 19.6. The minimum Gasteiger partial charge on any atom is -0.0622 e. The first kappa shape index (κ1) is 38.0. The molecule has 0 spiro atoms. The topological polar surface area (TPSA) is 0 Å². The Hall–Kier alpha value is -7.54. The van der Waals surface area contributed by atoms with Crippen molar-refractivity contribution in [1.82, 2.24) is 0 Å². The van der Waals surface area contributed by atoms with E-state index in [2.05, 4.69) is 234 Å². The van der Waals surface area contributed by atoms with Gasteiger partial charge in [0.15, 0.2) is 0 Å². The molecular weight excluding hydrogens is 781 g/mol. The van der Waals surface area contributed by atoms with Crippen LogP contribution >= 0.6 is 0 Å². The molecule has 0 saturated heterocycles. The van der Waals surface area contributed by atoms with E-state index < -0.39 is 0 Å². The van der Waals surface area contributed by atoms with Gasteiger partial charge in [-0.1, -0.05) is 210 Å². The van der Waals surface area contributed by atoms with Crippen LogP contribution in [-0.4, -0.2) is 0 Å². The molecule has 2 aliphatic rings. The van der Waals surface area contributed by atoms with Gasteiger partial charge in [-0.05, 0) is 163 Å². The Morgan fingerprint density at radius 3 is 1.28 bits per heavy atom. The first-order valence-electron chi connectivity index (χ1n) is 23.2. The molecule has 0 heterocycles. The van der Waals surface area contributed by atoms with Crippen molar-refractivity contribution in [2.75, 3.05) is 0 Å². The molecule has 0 radical (unpaired) electrons. The van der Waals surface area contributed by atoms with Gasteiger partial charge >= 0.3 is 0 Å². The van der Waals surface area contributed by atoms with E-state index in [0.29, 0.717) is 0 Å². The highest BCUT2D eigenvalue weighted by Gasteiger charge is 2.36. The lowest BCUT2D eigenvalue weighted by Gasteiger charge is -2.36. The fraction of sp³-hybridized carbons (Fsp3) is 0.108. The Morgan fingerprint density at radius 1 is 0.277 bits per heavy atom. The summed E-state index contributed by atoms with van der Waals surface area (Å²) in [6.45, 7) is 9.61. The Balaban J connectivity index is 0.996. The highest BCUT2D eigenvalue weighted by molar-refractivity contribution is 6.36. The lowest BCUT2D eigenvalue weighted by atomic mass is 9.68. The van der Waals surface area contributed by atoms with Crippen molar-refractivity contribution in [2.24, 2.45) is 0 Å². The second-order valence-electron chi connectivity index (χ2n) is 19.6. The SMILES string of the molecule is CC1(C)c2cc(-c3ccc4c(c3)C(C)(C)c3ccccc3-4)ccc2Cc2ccc(-c3ccc4c(-c5ccccc5)c5c6ccccc6c6ccccc6c5c(-c5ccccc5)c4c3)cc21. The van der Waals surface area contributed by atoms with Gasteiger partial charge in [-0.15, -0.1) is 0 Å². The third-order valence-corrected chi connectivity index (χ3v) is 15.3.